The molecule has 2 aliphatic heterocycles. The van der Waals surface area contributed by atoms with Gasteiger partial charge in [-0.1, -0.05) is 0 Å². The van der Waals surface area contributed by atoms with Crippen LogP contribution in [0, 0.1) is 17.7 Å². The summed E-state index contributed by atoms with van der Waals surface area (Å²) in [7, 11) is 3.00. The van der Waals surface area contributed by atoms with Gasteiger partial charge in [-0.25, -0.2) is 8.78 Å². The number of aromatic hydroxyl groups is 1. The van der Waals surface area contributed by atoms with E-state index >= 15 is 4.39 Å². The number of phenolic OH excluding ortho intramolecular Hbond substituents is 1. The molecule has 6 atom stereocenters. The maximum absolute atomic E-state index is 16.2. The molecule has 0 radical (unpaired) electrons. The lowest BCUT2D eigenvalue weighted by atomic mass is 9.58. The molecule has 0 spiro atoms. The number of nitrogens with two attached hydrogens (primary N) is 1. The number of allylic oxidation sites excluding steroid dienone is 1. The van der Waals surface area contributed by atoms with E-state index in [9.17, 15) is 44.0 Å². The molecule has 41 heavy (non-hydrogen) atoms. The molecule has 0 saturated carbocycles. The first-order chi connectivity index (χ1) is 19.2. The minimum absolute atomic E-state index is 0.109. The van der Waals surface area contributed by atoms with Crippen molar-refractivity contribution in [3.63, 3.8) is 0 Å². The number of aliphatic hydroxyl groups is 3. The predicted molar refractivity (Wildman–Crippen MR) is 136 cm³/mol. The van der Waals surface area contributed by atoms with E-state index in [1.807, 2.05) is 0 Å². The van der Waals surface area contributed by atoms with Crippen molar-refractivity contribution in [3.8, 4) is 5.75 Å². The molecule has 0 aromatic heterocycles. The summed E-state index contributed by atoms with van der Waals surface area (Å²) in [6.45, 7) is -0.311. The number of primary amides is 1. The van der Waals surface area contributed by atoms with Crippen molar-refractivity contribution in [1.29, 1.82) is 0 Å². The third kappa shape index (κ3) is 3.47. The number of phenols is 1. The number of nitrogens with zero attached hydrogens (tertiary/aromatic N) is 2. The fraction of sp³-hybridized carbons (Fsp3) is 0.481. The molecule has 0 unspecified atom stereocenters. The van der Waals surface area contributed by atoms with E-state index in [1.54, 1.807) is 0 Å². The van der Waals surface area contributed by atoms with E-state index in [4.69, 9.17) is 5.73 Å². The summed E-state index contributed by atoms with van der Waals surface area (Å²) < 4.78 is 30.2. The standard InChI is InChI=1S/C27H28F2N4O8/c1-32(2)19-12-4-8-3-10-15(20(34)14(8)23(37)27(12,41)24(38)16(22(19)36)25(30)39)21(35)18-11(17(10)29)7-33-6-9(28)5-13(33)26(40)31-18/h8-9,12-13,19,35-37,41H,3-7H2,1-2H3,(H2,30,39)(H,31,40)/t8-,9-,12-,13-,19-,27-/m0/s1. The second-order valence-corrected chi connectivity index (χ2v) is 11.6. The molecule has 2 heterocycles. The zero-order chi connectivity index (χ0) is 29.9. The number of ketones is 2. The average molecular weight is 575 g/mol. The van der Waals surface area contributed by atoms with Crippen LogP contribution >= 0.6 is 0 Å². The first-order valence-electron chi connectivity index (χ1n) is 13.1. The predicted octanol–water partition coefficient (Wildman–Crippen LogP) is 0.124. The van der Waals surface area contributed by atoms with Gasteiger partial charge in [0.2, 0.25) is 11.7 Å². The lowest BCUT2D eigenvalue weighted by Gasteiger charge is -2.50. The second-order valence-electron chi connectivity index (χ2n) is 11.6. The Kier molecular flexibility index (Phi) is 5.86. The van der Waals surface area contributed by atoms with Crippen molar-refractivity contribution in [1.82, 2.24) is 9.80 Å². The number of aliphatic hydroxyl groups excluding tert-OH is 2. The second kappa shape index (κ2) is 8.81. The molecule has 12 nitrogen and oxygen atoms in total. The van der Waals surface area contributed by atoms with Crippen LogP contribution in [0.4, 0.5) is 14.5 Å². The summed E-state index contributed by atoms with van der Waals surface area (Å²) in [5.74, 6) is -10.1. The lowest BCUT2D eigenvalue weighted by molar-refractivity contribution is -0.148. The fourth-order valence-corrected chi connectivity index (χ4v) is 7.39. The number of fused-ring (bicyclic) bond motifs is 5. The van der Waals surface area contributed by atoms with Crippen LogP contribution in [-0.4, -0.2) is 98.1 Å². The molecular formula is C27H28F2N4O8. The first kappa shape index (κ1) is 27.3. The number of rotatable bonds is 2. The van der Waals surface area contributed by atoms with E-state index in [2.05, 4.69) is 5.32 Å². The number of hydrogen-bond acceptors (Lipinski definition) is 10. The summed E-state index contributed by atoms with van der Waals surface area (Å²) in [4.78, 5) is 55.0. The molecule has 3 aliphatic carbocycles. The molecule has 1 aromatic carbocycles. The van der Waals surface area contributed by atoms with Crippen molar-refractivity contribution in [2.45, 2.75) is 49.7 Å². The van der Waals surface area contributed by atoms with E-state index in [0.29, 0.717) is 0 Å². The van der Waals surface area contributed by atoms with Crippen LogP contribution in [0.2, 0.25) is 0 Å². The van der Waals surface area contributed by atoms with E-state index < -0.39 is 98.9 Å². The molecule has 5 aliphatic rings. The first-order valence-corrected chi connectivity index (χ1v) is 13.1. The number of alkyl halides is 1. The highest BCUT2D eigenvalue weighted by Crippen LogP contribution is 2.54. The largest absolute Gasteiger partial charge is 0.510 e. The maximum atomic E-state index is 16.2. The molecule has 7 N–H and O–H groups in total. The molecular weight excluding hydrogens is 546 g/mol. The number of nitrogens with one attached hydrogen (secondary N) is 1. The number of likely N-dealkylation sites (N-methyl/N-ethyl adjacent to an activating group) is 1. The molecule has 1 fully saturated rings. The maximum Gasteiger partial charge on any atom is 0.255 e. The summed E-state index contributed by atoms with van der Waals surface area (Å²) in [6, 6.07) is -2.08. The fourth-order valence-electron chi connectivity index (χ4n) is 7.39. The molecule has 6 rings (SSSR count). The van der Waals surface area contributed by atoms with Crippen molar-refractivity contribution in [2.75, 3.05) is 26.0 Å². The van der Waals surface area contributed by atoms with Crippen molar-refractivity contribution in [2.24, 2.45) is 17.6 Å². The molecule has 14 heteroatoms. The van der Waals surface area contributed by atoms with Gasteiger partial charge in [-0.15, -0.1) is 0 Å². The van der Waals surface area contributed by atoms with Gasteiger partial charge < -0.3 is 31.5 Å². The van der Waals surface area contributed by atoms with Crippen LogP contribution in [0.25, 0.3) is 0 Å². The summed E-state index contributed by atoms with van der Waals surface area (Å²) in [5.41, 5.74) is -0.0879. The van der Waals surface area contributed by atoms with Crippen LogP contribution in [0.5, 0.6) is 5.75 Å². The monoisotopic (exact) mass is 574 g/mol. The molecule has 0 bridgehead atoms. The van der Waals surface area contributed by atoms with E-state index in [1.165, 1.54) is 23.9 Å². The molecule has 1 aromatic rings. The van der Waals surface area contributed by atoms with Gasteiger partial charge in [0.25, 0.3) is 5.91 Å². The Bertz CT molecular complexity index is 1540. The van der Waals surface area contributed by atoms with Crippen molar-refractivity contribution >= 4 is 29.1 Å². The number of carbonyl (C=O) groups is 4. The summed E-state index contributed by atoms with van der Waals surface area (Å²) in [6.07, 6.45) is -1.84. The molecule has 2 amide bonds. The highest BCUT2D eigenvalue weighted by Gasteiger charge is 2.63. The van der Waals surface area contributed by atoms with Gasteiger partial charge in [0.1, 0.15) is 29.1 Å². The number of benzene rings is 1. The zero-order valence-corrected chi connectivity index (χ0v) is 22.1. The Balaban J connectivity index is 1.52. The molecule has 218 valence electrons. The number of amides is 2. The number of Topliss-reactive ketones (excluding diaryl/α,β-unsaturated/α-hetero) is 2. The average Bonchev–Trinajstić information content (AvgIpc) is 3.19. The lowest BCUT2D eigenvalue weighted by Crippen LogP contribution is -2.63. The van der Waals surface area contributed by atoms with Gasteiger partial charge in [0.05, 0.1) is 23.3 Å². The van der Waals surface area contributed by atoms with Gasteiger partial charge in [0.15, 0.2) is 17.1 Å². The smallest absolute Gasteiger partial charge is 0.255 e. The zero-order valence-electron chi connectivity index (χ0n) is 22.1. The Morgan fingerprint density at radius 2 is 1.83 bits per heavy atom. The normalized spacial score (nSPS) is 33.1. The number of carbonyl (C=O) groups excluding carboxylic acids is 4. The SMILES string of the molecule is CN(C)[C@@H]1C(O)=C(C(N)=O)C(=O)[C@@]2(O)C(O)=C3C(=O)c4c(O)c5c(c(F)c4C[C@H]3C[C@@H]12)CN1C[C@@H](F)C[C@H]1C(=O)N5. The van der Waals surface area contributed by atoms with Gasteiger partial charge in [-0.05, 0) is 32.9 Å². The minimum atomic E-state index is -2.83. The summed E-state index contributed by atoms with van der Waals surface area (Å²) in [5, 5.41) is 47.5. The third-order valence-corrected chi connectivity index (χ3v) is 9.19. The van der Waals surface area contributed by atoms with Crippen LogP contribution in [0.15, 0.2) is 22.7 Å². The number of halogens is 2. The molecule has 1 saturated heterocycles. The van der Waals surface area contributed by atoms with Crippen LogP contribution < -0.4 is 11.1 Å². The van der Waals surface area contributed by atoms with Gasteiger partial charge in [0, 0.05) is 42.1 Å². The number of hydrogen-bond donors (Lipinski definition) is 6. The van der Waals surface area contributed by atoms with Gasteiger partial charge >= 0.3 is 0 Å². The highest BCUT2D eigenvalue weighted by molar-refractivity contribution is 6.25. The van der Waals surface area contributed by atoms with Crippen LogP contribution in [-0.2, 0) is 27.3 Å². The Morgan fingerprint density at radius 3 is 2.46 bits per heavy atom. The minimum Gasteiger partial charge on any atom is -0.510 e. The van der Waals surface area contributed by atoms with Crippen LogP contribution in [0.1, 0.15) is 34.3 Å². The Morgan fingerprint density at radius 1 is 1.15 bits per heavy atom. The Hall–Kier alpha value is -3.88. The summed E-state index contributed by atoms with van der Waals surface area (Å²) >= 11 is 0. The number of anilines is 1. The van der Waals surface area contributed by atoms with Gasteiger partial charge in [-0.2, -0.15) is 0 Å². The quantitative estimate of drug-likeness (QED) is 0.209. The topological polar surface area (TPSA) is 194 Å². The van der Waals surface area contributed by atoms with E-state index in [0.717, 1.165) is 0 Å². The van der Waals surface area contributed by atoms with Crippen LogP contribution in [0.3, 0.4) is 0 Å². The van der Waals surface area contributed by atoms with Crippen molar-refractivity contribution < 1.29 is 48.4 Å². The highest BCUT2D eigenvalue weighted by atomic mass is 19.1. The van der Waals surface area contributed by atoms with E-state index in [-0.39, 0.29) is 49.2 Å². The van der Waals surface area contributed by atoms with Crippen molar-refractivity contribution in [3.05, 3.63) is 45.2 Å². The van der Waals surface area contributed by atoms with Gasteiger partial charge in [-0.3, -0.25) is 29.0 Å². The third-order valence-electron chi connectivity index (χ3n) is 9.19. The Labute approximate surface area is 231 Å².